The van der Waals surface area contributed by atoms with Gasteiger partial charge in [-0.15, -0.1) is 10.2 Å². The Labute approximate surface area is 211 Å². The molecule has 0 saturated carbocycles. The number of thioether (sulfide) groups is 1. The maximum atomic E-state index is 10.3. The summed E-state index contributed by atoms with van der Waals surface area (Å²) >= 11 is 1.77. The van der Waals surface area contributed by atoms with E-state index in [4.69, 9.17) is 14.6 Å². The first-order valence-corrected chi connectivity index (χ1v) is 13.5. The molecule has 186 valence electrons. The molecule has 35 heavy (non-hydrogen) atoms. The normalized spacial score (nSPS) is 19.3. The van der Waals surface area contributed by atoms with Gasteiger partial charge in [-0.25, -0.2) is 0 Å². The van der Waals surface area contributed by atoms with Gasteiger partial charge in [0.1, 0.15) is 17.3 Å². The van der Waals surface area contributed by atoms with Crippen molar-refractivity contribution in [1.29, 1.82) is 0 Å². The van der Waals surface area contributed by atoms with Crippen LogP contribution in [0, 0.1) is 0 Å². The number of methoxy groups -OCH3 is 1. The lowest BCUT2D eigenvalue weighted by Gasteiger charge is -2.32. The molecule has 2 aromatic carbocycles. The molecule has 3 aromatic rings. The largest absolute Gasteiger partial charge is 0.508 e. The second kappa shape index (κ2) is 11.5. The highest BCUT2D eigenvalue weighted by Crippen LogP contribution is 2.33. The number of hydrogen-bond donors (Lipinski definition) is 1. The zero-order valence-corrected chi connectivity index (χ0v) is 21.1. The highest BCUT2D eigenvalue weighted by Gasteiger charge is 2.27. The minimum atomic E-state index is 0.321. The van der Waals surface area contributed by atoms with Gasteiger partial charge in [0.15, 0.2) is 5.16 Å². The van der Waals surface area contributed by atoms with Crippen molar-refractivity contribution >= 4 is 11.8 Å². The van der Waals surface area contributed by atoms with Gasteiger partial charge < -0.3 is 19.1 Å². The van der Waals surface area contributed by atoms with Crippen LogP contribution in [0.4, 0.5) is 0 Å². The van der Waals surface area contributed by atoms with Gasteiger partial charge in [0.05, 0.1) is 19.8 Å². The van der Waals surface area contributed by atoms with Gasteiger partial charge in [-0.3, -0.25) is 4.90 Å². The van der Waals surface area contributed by atoms with Crippen LogP contribution in [-0.2, 0) is 17.8 Å². The number of piperidine rings is 1. The first-order chi connectivity index (χ1) is 17.2. The molecular weight excluding hydrogens is 460 g/mol. The Bertz CT molecular complexity index is 1090. The highest BCUT2D eigenvalue weighted by atomic mass is 32.2. The Morgan fingerprint density at radius 3 is 2.63 bits per heavy atom. The fraction of sp³-hybridized carbons (Fsp3) is 0.481. The second-order valence-corrected chi connectivity index (χ2v) is 10.4. The van der Waals surface area contributed by atoms with Crippen molar-refractivity contribution in [3.63, 3.8) is 0 Å². The average molecular weight is 495 g/mol. The average Bonchev–Trinajstić information content (AvgIpc) is 3.55. The van der Waals surface area contributed by atoms with Crippen molar-refractivity contribution in [3.8, 4) is 11.5 Å². The van der Waals surface area contributed by atoms with Crippen molar-refractivity contribution in [2.45, 2.75) is 56.0 Å². The number of likely N-dealkylation sites (tertiary alicyclic amines) is 1. The molecule has 5 rings (SSSR count). The minimum absolute atomic E-state index is 0.321. The quantitative estimate of drug-likeness (QED) is 0.433. The summed E-state index contributed by atoms with van der Waals surface area (Å²) in [6.07, 6.45) is 4.65. The van der Waals surface area contributed by atoms with E-state index in [2.05, 4.69) is 44.9 Å². The molecule has 2 aliphatic heterocycles. The summed E-state index contributed by atoms with van der Waals surface area (Å²) in [6, 6.07) is 16.0. The Morgan fingerprint density at radius 1 is 1.06 bits per heavy atom. The number of phenolic OH excluding ortho intramolecular Hbond substituents is 1. The van der Waals surface area contributed by atoms with E-state index in [1.807, 2.05) is 6.07 Å². The molecule has 0 bridgehead atoms. The maximum Gasteiger partial charge on any atom is 0.191 e. The summed E-state index contributed by atoms with van der Waals surface area (Å²) in [6.45, 7) is 4.29. The zero-order valence-electron chi connectivity index (χ0n) is 20.3. The van der Waals surface area contributed by atoms with Gasteiger partial charge >= 0.3 is 0 Å². The molecule has 0 radical (unpaired) electrons. The molecule has 2 saturated heterocycles. The third kappa shape index (κ3) is 6.00. The lowest BCUT2D eigenvalue weighted by atomic mass is 9.95. The maximum absolute atomic E-state index is 10.3. The Kier molecular flexibility index (Phi) is 7.91. The van der Waals surface area contributed by atoms with Crippen LogP contribution in [0.5, 0.6) is 11.5 Å². The van der Waals surface area contributed by atoms with Crippen LogP contribution in [0.25, 0.3) is 0 Å². The molecular formula is C27H34N4O3S. The van der Waals surface area contributed by atoms with Gasteiger partial charge in [-0.2, -0.15) is 0 Å². The number of aromatic nitrogens is 3. The second-order valence-electron chi connectivity index (χ2n) is 9.40. The fourth-order valence-corrected chi connectivity index (χ4v) is 5.98. The standard InChI is InChI=1S/C27H34N4O3S/c1-33-23-9-10-25(32)22(16-23)18-30-13-11-21(12-14-30)26-28-29-27(35-19-24-8-5-15-34-24)31(26)17-20-6-3-2-4-7-20/h2-4,6-7,9-10,16,21,24,32H,5,8,11-15,17-19H2,1H3/t24-/m1/s1. The van der Waals surface area contributed by atoms with E-state index in [1.54, 1.807) is 31.0 Å². The van der Waals surface area contributed by atoms with Crippen LogP contribution < -0.4 is 4.74 Å². The molecule has 1 aromatic heterocycles. The van der Waals surface area contributed by atoms with Crippen molar-refractivity contribution in [2.75, 3.05) is 32.6 Å². The third-order valence-corrected chi connectivity index (χ3v) is 8.08. The van der Waals surface area contributed by atoms with Crippen molar-refractivity contribution < 1.29 is 14.6 Å². The summed E-state index contributed by atoms with van der Waals surface area (Å²) in [5.74, 6) is 3.49. The summed E-state index contributed by atoms with van der Waals surface area (Å²) in [5, 5.41) is 20.6. The van der Waals surface area contributed by atoms with Gasteiger partial charge in [0, 0.05) is 30.4 Å². The molecule has 8 heteroatoms. The summed E-state index contributed by atoms with van der Waals surface area (Å²) in [7, 11) is 1.65. The third-order valence-electron chi connectivity index (χ3n) is 6.98. The number of nitrogens with zero attached hydrogens (tertiary/aromatic N) is 4. The minimum Gasteiger partial charge on any atom is -0.508 e. The fourth-order valence-electron chi connectivity index (χ4n) is 4.97. The summed E-state index contributed by atoms with van der Waals surface area (Å²) < 4.78 is 13.5. The highest BCUT2D eigenvalue weighted by molar-refractivity contribution is 7.99. The number of phenols is 1. The van der Waals surface area contributed by atoms with Crippen LogP contribution in [0.15, 0.2) is 53.7 Å². The Balaban J connectivity index is 1.27. The molecule has 0 unspecified atom stereocenters. The van der Waals surface area contributed by atoms with Gasteiger partial charge in [0.2, 0.25) is 0 Å². The Hall–Kier alpha value is -2.55. The van der Waals surface area contributed by atoms with Gasteiger partial charge in [-0.1, -0.05) is 42.1 Å². The number of aromatic hydroxyl groups is 1. The van der Waals surface area contributed by atoms with Crippen molar-refractivity contribution in [3.05, 3.63) is 65.5 Å². The molecule has 0 spiro atoms. The van der Waals surface area contributed by atoms with Crippen molar-refractivity contribution in [1.82, 2.24) is 19.7 Å². The molecule has 7 nitrogen and oxygen atoms in total. The van der Waals surface area contributed by atoms with E-state index in [0.717, 1.165) is 86.5 Å². The summed E-state index contributed by atoms with van der Waals surface area (Å²) in [4.78, 5) is 2.40. The molecule has 1 N–H and O–H groups in total. The number of ether oxygens (including phenoxy) is 2. The number of rotatable bonds is 9. The lowest BCUT2D eigenvalue weighted by molar-refractivity contribution is 0.129. The topological polar surface area (TPSA) is 72.6 Å². The van der Waals surface area contributed by atoms with E-state index >= 15 is 0 Å². The number of benzene rings is 2. The smallest absolute Gasteiger partial charge is 0.191 e. The van der Waals surface area contributed by atoms with Crippen LogP contribution in [-0.4, -0.2) is 63.4 Å². The molecule has 2 aliphatic rings. The predicted molar refractivity (Wildman–Crippen MR) is 137 cm³/mol. The molecule has 3 heterocycles. The SMILES string of the molecule is COc1ccc(O)c(CN2CCC(c3nnc(SC[C@H]4CCCO4)n3Cc3ccccc3)CC2)c1. The monoisotopic (exact) mass is 494 g/mol. The van der Waals surface area contributed by atoms with Gasteiger partial charge in [0.25, 0.3) is 0 Å². The van der Waals surface area contributed by atoms with E-state index < -0.39 is 0 Å². The van der Waals surface area contributed by atoms with Crippen LogP contribution >= 0.6 is 11.8 Å². The van der Waals surface area contributed by atoms with E-state index in [-0.39, 0.29) is 0 Å². The predicted octanol–water partition coefficient (Wildman–Crippen LogP) is 4.69. The first kappa shape index (κ1) is 24.2. The van der Waals surface area contributed by atoms with Crippen LogP contribution in [0.2, 0.25) is 0 Å². The zero-order chi connectivity index (χ0) is 24.0. The van der Waals surface area contributed by atoms with Crippen LogP contribution in [0.3, 0.4) is 0 Å². The molecule has 0 aliphatic carbocycles. The first-order valence-electron chi connectivity index (χ1n) is 12.5. The lowest BCUT2D eigenvalue weighted by Crippen LogP contribution is -2.33. The molecule has 0 amide bonds. The summed E-state index contributed by atoms with van der Waals surface area (Å²) in [5.41, 5.74) is 2.17. The number of hydrogen-bond acceptors (Lipinski definition) is 7. The molecule has 1 atom stereocenters. The Morgan fingerprint density at radius 2 is 1.89 bits per heavy atom. The van der Waals surface area contributed by atoms with Crippen molar-refractivity contribution in [2.24, 2.45) is 0 Å². The van der Waals surface area contributed by atoms with Crippen LogP contribution in [0.1, 0.15) is 48.6 Å². The van der Waals surface area contributed by atoms with E-state index in [0.29, 0.717) is 17.8 Å². The molecule has 2 fully saturated rings. The van der Waals surface area contributed by atoms with E-state index in [1.165, 1.54) is 5.56 Å². The van der Waals surface area contributed by atoms with E-state index in [9.17, 15) is 5.11 Å². The van der Waals surface area contributed by atoms with Gasteiger partial charge in [-0.05, 0) is 62.5 Å².